The molecule has 4 aliphatic heterocycles. The van der Waals surface area contributed by atoms with Crippen LogP contribution in [0.5, 0.6) is 0 Å². The fourth-order valence-electron chi connectivity index (χ4n) is 4.92. The molecule has 3 atom stereocenters. The van der Waals surface area contributed by atoms with Gasteiger partial charge in [0.1, 0.15) is 11.9 Å². The molecule has 3 fully saturated rings. The zero-order valence-electron chi connectivity index (χ0n) is 15.0. The highest BCUT2D eigenvalue weighted by molar-refractivity contribution is 6.25. The summed E-state index contributed by atoms with van der Waals surface area (Å²) >= 11 is 0. The van der Waals surface area contributed by atoms with Crippen molar-refractivity contribution in [2.24, 2.45) is 0 Å². The van der Waals surface area contributed by atoms with E-state index in [0.717, 1.165) is 36.9 Å². The largest absolute Gasteiger partial charge is 0.362 e. The number of rotatable bonds is 2. The van der Waals surface area contributed by atoms with Crippen molar-refractivity contribution in [2.45, 2.75) is 43.8 Å². The molecular weight excluding hydrogens is 367 g/mol. The Hall–Kier alpha value is -2.81. The lowest BCUT2D eigenvalue weighted by Crippen LogP contribution is -2.54. The SMILES string of the molecule is O=C1CCC(N2C(=O)c3cc(F)cc(N4[C@@H]5CC[C@H]4CNC5)c3C2=O)C(=O)N1. The van der Waals surface area contributed by atoms with Crippen molar-refractivity contribution in [1.29, 1.82) is 0 Å². The van der Waals surface area contributed by atoms with Crippen LogP contribution in [0.4, 0.5) is 10.1 Å². The number of fused-ring (bicyclic) bond motifs is 3. The first kappa shape index (κ1) is 17.3. The highest BCUT2D eigenvalue weighted by atomic mass is 19.1. The number of piperidine rings is 1. The maximum atomic E-state index is 14.4. The normalized spacial score (nSPS) is 29.4. The van der Waals surface area contributed by atoms with E-state index in [4.69, 9.17) is 0 Å². The van der Waals surface area contributed by atoms with E-state index in [1.807, 2.05) is 0 Å². The summed E-state index contributed by atoms with van der Waals surface area (Å²) in [5.74, 6) is -2.96. The van der Waals surface area contributed by atoms with E-state index in [-0.39, 0.29) is 36.1 Å². The first-order valence-electron chi connectivity index (χ1n) is 9.50. The van der Waals surface area contributed by atoms with Gasteiger partial charge in [-0.3, -0.25) is 29.4 Å². The highest BCUT2D eigenvalue weighted by Gasteiger charge is 2.48. The van der Waals surface area contributed by atoms with E-state index in [1.165, 1.54) is 6.07 Å². The maximum Gasteiger partial charge on any atom is 0.264 e. The predicted molar refractivity (Wildman–Crippen MR) is 95.2 cm³/mol. The van der Waals surface area contributed by atoms with Crippen LogP contribution in [0.2, 0.25) is 0 Å². The van der Waals surface area contributed by atoms with Gasteiger partial charge in [0.15, 0.2) is 0 Å². The van der Waals surface area contributed by atoms with Crippen LogP contribution >= 0.6 is 0 Å². The molecular formula is C19H19FN4O4. The Kier molecular flexibility index (Phi) is 3.77. The molecule has 5 rings (SSSR count). The molecule has 1 unspecified atom stereocenters. The summed E-state index contributed by atoms with van der Waals surface area (Å²) in [6.07, 6.45) is 1.99. The van der Waals surface area contributed by atoms with Gasteiger partial charge in [0, 0.05) is 31.6 Å². The minimum absolute atomic E-state index is 0.0115. The van der Waals surface area contributed by atoms with Crippen LogP contribution in [0, 0.1) is 5.82 Å². The number of carbonyl (C=O) groups is 4. The van der Waals surface area contributed by atoms with Gasteiger partial charge in [0.05, 0.1) is 16.8 Å². The van der Waals surface area contributed by atoms with Crippen LogP contribution in [0.15, 0.2) is 12.1 Å². The summed E-state index contributed by atoms with van der Waals surface area (Å²) in [5, 5.41) is 5.51. The quantitative estimate of drug-likeness (QED) is 0.703. The van der Waals surface area contributed by atoms with Gasteiger partial charge in [0.2, 0.25) is 11.8 Å². The lowest BCUT2D eigenvalue weighted by Gasteiger charge is -2.38. The Morgan fingerprint density at radius 1 is 0.964 bits per heavy atom. The topological polar surface area (TPSA) is 98.8 Å². The van der Waals surface area contributed by atoms with E-state index >= 15 is 0 Å². The van der Waals surface area contributed by atoms with Crippen molar-refractivity contribution in [3.8, 4) is 0 Å². The van der Waals surface area contributed by atoms with E-state index in [1.54, 1.807) is 0 Å². The number of hydrogen-bond donors (Lipinski definition) is 2. The van der Waals surface area contributed by atoms with Crippen LogP contribution in [0.25, 0.3) is 0 Å². The predicted octanol–water partition coefficient (Wildman–Crippen LogP) is 0.168. The summed E-state index contributed by atoms with van der Waals surface area (Å²) in [6, 6.07) is 1.60. The maximum absolute atomic E-state index is 14.4. The molecule has 9 heteroatoms. The molecule has 1 aromatic rings. The Morgan fingerprint density at radius 2 is 1.68 bits per heavy atom. The first-order valence-corrected chi connectivity index (χ1v) is 9.50. The molecule has 0 aliphatic carbocycles. The average Bonchev–Trinajstić information content (AvgIpc) is 3.04. The third-order valence-electron chi connectivity index (χ3n) is 6.14. The van der Waals surface area contributed by atoms with Crippen molar-refractivity contribution in [3.05, 3.63) is 29.1 Å². The zero-order chi connectivity index (χ0) is 19.6. The van der Waals surface area contributed by atoms with Crippen molar-refractivity contribution in [2.75, 3.05) is 18.0 Å². The number of piperazine rings is 1. The first-order chi connectivity index (χ1) is 13.5. The third-order valence-corrected chi connectivity index (χ3v) is 6.14. The summed E-state index contributed by atoms with van der Waals surface area (Å²) in [6.45, 7) is 1.47. The van der Waals surface area contributed by atoms with Gasteiger partial charge in [-0.05, 0) is 31.4 Å². The molecule has 28 heavy (non-hydrogen) atoms. The summed E-state index contributed by atoms with van der Waals surface area (Å²) < 4.78 is 14.4. The molecule has 2 bridgehead atoms. The second-order valence-electron chi connectivity index (χ2n) is 7.75. The standard InChI is InChI=1S/C19H19FN4O4/c20-9-5-12-16(14(6-9)23-10-1-2-11(23)8-21-7-10)19(28)24(18(12)27)13-3-4-15(25)22-17(13)26/h5-6,10-11,13,21H,1-4,7-8H2,(H,22,25,26)/t10-,11+,13?. The summed E-state index contributed by atoms with van der Waals surface area (Å²) in [5.41, 5.74) is 0.578. The molecule has 0 aromatic heterocycles. The van der Waals surface area contributed by atoms with Gasteiger partial charge >= 0.3 is 0 Å². The lowest BCUT2D eigenvalue weighted by molar-refractivity contribution is -0.136. The highest BCUT2D eigenvalue weighted by Crippen LogP contribution is 2.40. The molecule has 4 amide bonds. The number of amides is 4. The second-order valence-corrected chi connectivity index (χ2v) is 7.75. The van der Waals surface area contributed by atoms with Crippen molar-refractivity contribution >= 4 is 29.3 Å². The van der Waals surface area contributed by atoms with E-state index in [9.17, 15) is 23.6 Å². The minimum atomic E-state index is -1.05. The van der Waals surface area contributed by atoms with Gasteiger partial charge < -0.3 is 10.2 Å². The Balaban J connectivity index is 1.57. The Labute approximate surface area is 160 Å². The monoisotopic (exact) mass is 386 g/mol. The van der Waals surface area contributed by atoms with Crippen molar-refractivity contribution < 1.29 is 23.6 Å². The van der Waals surface area contributed by atoms with Crippen molar-refractivity contribution in [3.63, 3.8) is 0 Å². The van der Waals surface area contributed by atoms with Gasteiger partial charge in [0.25, 0.3) is 11.8 Å². The number of nitrogens with one attached hydrogen (secondary N) is 2. The number of anilines is 1. The summed E-state index contributed by atoms with van der Waals surface area (Å²) in [4.78, 5) is 52.7. The molecule has 4 aliphatic rings. The van der Waals surface area contributed by atoms with Crippen LogP contribution in [-0.4, -0.2) is 59.7 Å². The number of nitrogens with zero attached hydrogens (tertiary/aromatic N) is 2. The molecule has 146 valence electrons. The fourth-order valence-corrected chi connectivity index (χ4v) is 4.92. The van der Waals surface area contributed by atoms with Crippen molar-refractivity contribution in [1.82, 2.24) is 15.5 Å². The number of hydrogen-bond acceptors (Lipinski definition) is 6. The van der Waals surface area contributed by atoms with Gasteiger partial charge in [-0.2, -0.15) is 0 Å². The third kappa shape index (κ3) is 2.39. The molecule has 8 nitrogen and oxygen atoms in total. The average molecular weight is 386 g/mol. The summed E-state index contributed by atoms with van der Waals surface area (Å²) in [7, 11) is 0. The lowest BCUT2D eigenvalue weighted by atomic mass is 10.0. The van der Waals surface area contributed by atoms with Gasteiger partial charge in [-0.1, -0.05) is 0 Å². The van der Waals surface area contributed by atoms with E-state index in [2.05, 4.69) is 15.5 Å². The smallest absolute Gasteiger partial charge is 0.264 e. The molecule has 0 spiro atoms. The Bertz CT molecular complexity index is 917. The number of benzene rings is 1. The van der Waals surface area contributed by atoms with Crippen LogP contribution in [0.1, 0.15) is 46.4 Å². The van der Waals surface area contributed by atoms with E-state index < -0.39 is 35.5 Å². The van der Waals surface area contributed by atoms with Gasteiger partial charge in [-0.15, -0.1) is 0 Å². The number of halogens is 1. The molecule has 2 N–H and O–H groups in total. The molecule has 4 heterocycles. The molecule has 1 aromatic carbocycles. The molecule has 3 saturated heterocycles. The number of imide groups is 2. The van der Waals surface area contributed by atoms with Crippen LogP contribution in [0.3, 0.4) is 0 Å². The minimum Gasteiger partial charge on any atom is -0.362 e. The molecule has 0 radical (unpaired) electrons. The van der Waals surface area contributed by atoms with Gasteiger partial charge in [-0.25, -0.2) is 4.39 Å². The van der Waals surface area contributed by atoms with Crippen LogP contribution in [-0.2, 0) is 9.59 Å². The second kappa shape index (κ2) is 6.10. The zero-order valence-corrected chi connectivity index (χ0v) is 15.0. The number of carbonyl (C=O) groups excluding carboxylic acids is 4. The fraction of sp³-hybridized carbons (Fsp3) is 0.474. The van der Waals surface area contributed by atoms with E-state index in [0.29, 0.717) is 5.69 Å². The molecule has 0 saturated carbocycles. The van der Waals surface area contributed by atoms with Crippen LogP contribution < -0.4 is 15.5 Å². The Morgan fingerprint density at radius 3 is 2.36 bits per heavy atom.